The zero-order valence-corrected chi connectivity index (χ0v) is 37.8. The summed E-state index contributed by atoms with van der Waals surface area (Å²) in [7, 11) is 0. The minimum absolute atomic E-state index is 0.0109. The molecule has 3 unspecified atom stereocenters. The fourth-order valence-corrected chi connectivity index (χ4v) is 11.7. The minimum atomic E-state index is -2.85. The van der Waals surface area contributed by atoms with Gasteiger partial charge in [-0.3, -0.25) is 48.6 Å². The van der Waals surface area contributed by atoms with Crippen molar-refractivity contribution in [3.05, 3.63) is 64.0 Å². The first kappa shape index (κ1) is 44.4. The predicted octanol–water partition coefficient (Wildman–Crippen LogP) is 3.88. The van der Waals surface area contributed by atoms with Gasteiger partial charge in [-0.15, -0.1) is 0 Å². The van der Waals surface area contributed by atoms with Crippen molar-refractivity contribution in [2.45, 2.75) is 96.7 Å². The van der Waals surface area contributed by atoms with E-state index in [-0.39, 0.29) is 41.8 Å². The lowest BCUT2D eigenvalue weighted by Gasteiger charge is -2.41. The molecule has 8 heterocycles. The van der Waals surface area contributed by atoms with Crippen molar-refractivity contribution in [2.24, 2.45) is 17.3 Å². The zero-order chi connectivity index (χ0) is 46.0. The maximum Gasteiger partial charge on any atom is 0.264 e. The van der Waals surface area contributed by atoms with Crippen molar-refractivity contribution in [2.75, 3.05) is 77.0 Å². The average Bonchev–Trinajstić information content (AvgIpc) is 3.79. The molecule has 2 aromatic rings. The van der Waals surface area contributed by atoms with Crippen LogP contribution < -0.4 is 10.2 Å². The molecule has 0 radical (unpaired) electrons. The van der Waals surface area contributed by atoms with E-state index >= 15 is 8.78 Å². The van der Waals surface area contributed by atoms with Gasteiger partial charge in [-0.05, 0) is 87.6 Å². The summed E-state index contributed by atoms with van der Waals surface area (Å²) < 4.78 is 37.9. The monoisotopic (exact) mass is 911 g/mol. The highest BCUT2D eigenvalue weighted by Crippen LogP contribution is 2.46. The van der Waals surface area contributed by atoms with Crippen molar-refractivity contribution in [3.63, 3.8) is 0 Å². The summed E-state index contributed by atoms with van der Waals surface area (Å²) in [5.41, 5.74) is 3.10. The van der Waals surface area contributed by atoms with Gasteiger partial charge in [0, 0.05) is 126 Å². The minimum Gasteiger partial charge on any atom is -0.381 e. The third-order valence-corrected chi connectivity index (χ3v) is 15.6. The molecule has 5 fully saturated rings. The Labute approximate surface area is 382 Å². The van der Waals surface area contributed by atoms with Gasteiger partial charge in [0.2, 0.25) is 29.5 Å². The van der Waals surface area contributed by atoms with Crippen LogP contribution in [0.25, 0.3) is 0 Å². The number of likely N-dealkylation sites (tertiary alicyclic amines) is 2. The Balaban J connectivity index is 0.775. The van der Waals surface area contributed by atoms with Crippen molar-refractivity contribution >= 4 is 46.9 Å². The van der Waals surface area contributed by atoms with Gasteiger partial charge in [-0.1, -0.05) is 6.08 Å². The molecule has 5 saturated heterocycles. The van der Waals surface area contributed by atoms with E-state index in [0.717, 1.165) is 92.2 Å². The molecule has 1 aliphatic carbocycles. The molecule has 1 aromatic carbocycles. The summed E-state index contributed by atoms with van der Waals surface area (Å²) in [5.74, 6) is -1.90. The molecule has 8 aliphatic rings. The number of carbonyl (C=O) groups is 6. The Morgan fingerprint density at radius 2 is 1.67 bits per heavy atom. The van der Waals surface area contributed by atoms with Gasteiger partial charge in [0.15, 0.2) is 5.82 Å². The van der Waals surface area contributed by atoms with Gasteiger partial charge in [-0.2, -0.15) is 5.10 Å². The highest BCUT2D eigenvalue weighted by Gasteiger charge is 2.58. The van der Waals surface area contributed by atoms with Crippen LogP contribution in [0.5, 0.6) is 0 Å². The van der Waals surface area contributed by atoms with E-state index in [9.17, 15) is 28.8 Å². The molecular formula is C48H59F2N9O7. The van der Waals surface area contributed by atoms with Crippen LogP contribution in [0.2, 0.25) is 0 Å². The molecule has 1 N–H and O–H groups in total. The first-order valence-corrected chi connectivity index (χ1v) is 23.8. The number of rotatable bonds is 8. The zero-order valence-electron chi connectivity index (χ0n) is 37.8. The first-order chi connectivity index (χ1) is 31.8. The van der Waals surface area contributed by atoms with Crippen LogP contribution in [0, 0.1) is 17.3 Å². The predicted molar refractivity (Wildman–Crippen MR) is 236 cm³/mol. The number of halogens is 2. The summed E-state index contributed by atoms with van der Waals surface area (Å²) in [6.45, 7) is 11.1. The van der Waals surface area contributed by atoms with E-state index in [1.807, 2.05) is 22.0 Å². The number of alkyl halides is 2. The first-order valence-electron chi connectivity index (χ1n) is 23.8. The van der Waals surface area contributed by atoms with Crippen molar-refractivity contribution in [1.82, 2.24) is 39.6 Å². The molecule has 0 bridgehead atoms. The molecule has 18 heteroatoms. The number of hydrogen-bond donors (Lipinski definition) is 1. The molecular weight excluding hydrogens is 853 g/mol. The number of anilines is 2. The fourth-order valence-electron chi connectivity index (χ4n) is 11.7. The van der Waals surface area contributed by atoms with Crippen molar-refractivity contribution in [1.29, 1.82) is 0 Å². The summed E-state index contributed by atoms with van der Waals surface area (Å²) in [4.78, 5) is 89.6. The lowest BCUT2D eigenvalue weighted by molar-refractivity contribution is -0.151. The van der Waals surface area contributed by atoms with Gasteiger partial charge < -0.3 is 24.3 Å². The number of fused-ring (bicyclic) bond motifs is 3. The van der Waals surface area contributed by atoms with E-state index in [1.54, 1.807) is 30.9 Å². The number of piperidine rings is 2. The van der Waals surface area contributed by atoms with Crippen LogP contribution in [-0.4, -0.2) is 148 Å². The SMILES string of the molecule is CC(=O)N1CCc2c(c(N3CCCc4cc(C(=O)N5CCC(CN6CCN(C7=CC8(C)C(=O)N(C9CCC(=O)NC9=O)C(=O)C8C=C7)CC6)CC5)c(C(F)F)cc43)nn2C2CCOCC2)C1. The summed E-state index contributed by atoms with van der Waals surface area (Å²) in [6, 6.07) is 2.39. The lowest BCUT2D eigenvalue weighted by Crippen LogP contribution is -2.54. The maximum atomic E-state index is 15.1. The topological polar surface area (TPSA) is 161 Å². The number of ether oxygens (including phenoxy) is 1. The standard InChI is InChI=1S/C48H59F2N9O7/c1-29(60)56-17-11-38-36(28-56)43(52-59(38)32-12-22-66-23-13-32)57-14-3-4-31-24-35(34(42(49)50)25-40(31)57)45(63)55-15-9-30(10-16-55)27-53-18-20-54(21-19-53)33-5-6-37-46(64)58(47(65)48(37,2)26-33)39-7-8-41(61)51-44(39)62/h5-6,24-26,30,32,37,39,42H,3-4,7-23,27-28H2,1-2H3,(H,51,61,62). The maximum absolute atomic E-state index is 15.1. The van der Waals surface area contributed by atoms with E-state index < -0.39 is 47.4 Å². The Morgan fingerprint density at radius 1 is 0.909 bits per heavy atom. The molecule has 0 spiro atoms. The van der Waals surface area contributed by atoms with E-state index in [4.69, 9.17) is 9.84 Å². The largest absolute Gasteiger partial charge is 0.381 e. The number of allylic oxidation sites excluding steroid dienone is 1. The molecule has 7 aliphatic heterocycles. The van der Waals surface area contributed by atoms with E-state index in [2.05, 4.69) is 19.8 Å². The highest BCUT2D eigenvalue weighted by molar-refractivity contribution is 6.13. The number of piperazine rings is 1. The smallest absolute Gasteiger partial charge is 0.264 e. The van der Waals surface area contributed by atoms with E-state index in [1.165, 1.54) is 6.07 Å². The Hall–Kier alpha value is -5.49. The van der Waals surface area contributed by atoms with Gasteiger partial charge in [0.25, 0.3) is 12.3 Å². The summed E-state index contributed by atoms with van der Waals surface area (Å²) in [5, 5.41) is 7.44. The molecule has 10 rings (SSSR count). The Kier molecular flexibility index (Phi) is 11.8. The summed E-state index contributed by atoms with van der Waals surface area (Å²) >= 11 is 0. The number of benzene rings is 1. The molecule has 0 saturated carbocycles. The average molecular weight is 912 g/mol. The second-order valence-corrected chi connectivity index (χ2v) is 19.5. The van der Waals surface area contributed by atoms with E-state index in [0.29, 0.717) is 76.2 Å². The molecule has 16 nitrogen and oxygen atoms in total. The third kappa shape index (κ3) is 7.90. The van der Waals surface area contributed by atoms with Crippen LogP contribution in [0.4, 0.5) is 20.3 Å². The van der Waals surface area contributed by atoms with Crippen LogP contribution in [0.15, 0.2) is 36.1 Å². The van der Waals surface area contributed by atoms with Gasteiger partial charge in [0.05, 0.1) is 23.9 Å². The normalized spacial score (nSPS) is 26.7. The lowest BCUT2D eigenvalue weighted by atomic mass is 9.75. The Bertz CT molecular complexity index is 2400. The van der Waals surface area contributed by atoms with Crippen LogP contribution in [0.1, 0.15) is 104 Å². The highest BCUT2D eigenvalue weighted by atomic mass is 19.3. The van der Waals surface area contributed by atoms with Crippen molar-refractivity contribution in [3.8, 4) is 0 Å². The quantitative estimate of drug-likeness (QED) is 0.383. The number of carbonyl (C=O) groups excluding carboxylic acids is 6. The van der Waals surface area contributed by atoms with Crippen LogP contribution in [-0.2, 0) is 48.1 Å². The van der Waals surface area contributed by atoms with Crippen LogP contribution in [0.3, 0.4) is 0 Å². The fraction of sp³-hybridized carbons (Fsp3) is 0.604. The number of hydrogen-bond acceptors (Lipinski definition) is 11. The van der Waals surface area contributed by atoms with Gasteiger partial charge in [0.1, 0.15) is 6.04 Å². The molecule has 1 aromatic heterocycles. The molecule has 352 valence electrons. The number of aromatic nitrogens is 2. The van der Waals surface area contributed by atoms with Crippen molar-refractivity contribution < 1.29 is 42.3 Å². The number of nitrogens with zero attached hydrogens (tertiary/aromatic N) is 8. The number of imide groups is 2. The number of nitrogens with one attached hydrogen (secondary N) is 1. The number of amides is 6. The second-order valence-electron chi connectivity index (χ2n) is 19.5. The van der Waals surface area contributed by atoms with Gasteiger partial charge >= 0.3 is 0 Å². The van der Waals surface area contributed by atoms with Gasteiger partial charge in [-0.25, -0.2) is 8.78 Å². The Morgan fingerprint density at radius 3 is 2.38 bits per heavy atom. The second kappa shape index (κ2) is 17.6. The third-order valence-electron chi connectivity index (χ3n) is 15.6. The molecule has 6 amide bonds. The molecule has 66 heavy (non-hydrogen) atoms. The number of aryl methyl sites for hydroxylation is 1. The molecule has 3 atom stereocenters. The van der Waals surface area contributed by atoms with Crippen LogP contribution >= 0.6 is 0 Å². The summed E-state index contributed by atoms with van der Waals surface area (Å²) in [6.07, 6.45) is 8.16.